The molecule has 0 bridgehead atoms. The van der Waals surface area contributed by atoms with Crippen LogP contribution in [0.3, 0.4) is 0 Å². The van der Waals surface area contributed by atoms with Crippen molar-refractivity contribution in [3.05, 3.63) is 47.8 Å². The van der Waals surface area contributed by atoms with E-state index in [0.29, 0.717) is 26.3 Å². The minimum Gasteiger partial charge on any atom is -0.373 e. The number of hydrogen-bond donors (Lipinski definition) is 0. The Morgan fingerprint density at radius 1 is 1.36 bits per heavy atom. The molecule has 1 aliphatic heterocycles. The van der Waals surface area contributed by atoms with Crippen LogP contribution in [0.1, 0.15) is 17.1 Å². The summed E-state index contributed by atoms with van der Waals surface area (Å²) in [5.74, 6) is 0.104. The molecule has 0 radical (unpaired) electrons. The van der Waals surface area contributed by atoms with Crippen molar-refractivity contribution in [3.63, 3.8) is 0 Å². The highest BCUT2D eigenvalue weighted by atomic mass is 16.5. The average Bonchev–Trinajstić information content (AvgIpc) is 2.95. The summed E-state index contributed by atoms with van der Waals surface area (Å²) >= 11 is 0. The Hall–Kier alpha value is -2.25. The standard InChI is InChI=1S/C18H25N5O2/c1-21(2)10-18(24)23-9-16-17(22(3)13-20-16)8-15(23)12-25-11-14-6-4-5-7-19-14/h4-7,13,15H,8-12H2,1-3H3/t15-/m1/s1. The molecule has 2 aromatic heterocycles. The van der Waals surface area contributed by atoms with E-state index in [-0.39, 0.29) is 11.9 Å². The summed E-state index contributed by atoms with van der Waals surface area (Å²) in [4.78, 5) is 25.1. The number of hydrogen-bond acceptors (Lipinski definition) is 5. The Morgan fingerprint density at radius 3 is 2.92 bits per heavy atom. The quantitative estimate of drug-likeness (QED) is 0.778. The van der Waals surface area contributed by atoms with Gasteiger partial charge in [0.25, 0.3) is 0 Å². The van der Waals surface area contributed by atoms with Crippen molar-refractivity contribution in [1.82, 2.24) is 24.3 Å². The van der Waals surface area contributed by atoms with E-state index in [2.05, 4.69) is 9.97 Å². The third-order valence-corrected chi connectivity index (χ3v) is 4.39. The summed E-state index contributed by atoms with van der Waals surface area (Å²) in [6, 6.07) is 5.78. The van der Waals surface area contributed by atoms with Gasteiger partial charge in [0.05, 0.1) is 50.1 Å². The molecule has 3 rings (SSSR count). The van der Waals surface area contributed by atoms with Crippen molar-refractivity contribution in [3.8, 4) is 0 Å². The maximum absolute atomic E-state index is 12.7. The number of pyridine rings is 1. The second kappa shape index (κ2) is 7.76. The Morgan fingerprint density at radius 2 is 2.20 bits per heavy atom. The number of carbonyl (C=O) groups excluding carboxylic acids is 1. The lowest BCUT2D eigenvalue weighted by atomic mass is 10.0. The number of likely N-dealkylation sites (N-methyl/N-ethyl adjacent to an activating group) is 1. The summed E-state index contributed by atoms with van der Waals surface area (Å²) in [7, 11) is 5.80. The molecule has 0 spiro atoms. The number of amides is 1. The first kappa shape index (κ1) is 17.6. The number of ether oxygens (including phenoxy) is 1. The van der Waals surface area contributed by atoms with Crippen molar-refractivity contribution < 1.29 is 9.53 Å². The van der Waals surface area contributed by atoms with E-state index in [4.69, 9.17) is 4.74 Å². The molecular formula is C18H25N5O2. The zero-order valence-electron chi connectivity index (χ0n) is 15.1. The summed E-state index contributed by atoms with van der Waals surface area (Å²) in [6.07, 6.45) is 4.33. The molecule has 7 heteroatoms. The van der Waals surface area contributed by atoms with Gasteiger partial charge < -0.3 is 19.1 Å². The fraction of sp³-hybridized carbons (Fsp3) is 0.500. The molecule has 0 N–H and O–H groups in total. The highest BCUT2D eigenvalue weighted by molar-refractivity contribution is 5.78. The van der Waals surface area contributed by atoms with Crippen molar-refractivity contribution in [2.24, 2.45) is 7.05 Å². The van der Waals surface area contributed by atoms with Gasteiger partial charge >= 0.3 is 0 Å². The van der Waals surface area contributed by atoms with E-state index in [0.717, 1.165) is 17.8 Å². The van der Waals surface area contributed by atoms with Crippen LogP contribution in [0.4, 0.5) is 0 Å². The Balaban J connectivity index is 1.68. The van der Waals surface area contributed by atoms with Crippen LogP contribution in [0.5, 0.6) is 0 Å². The van der Waals surface area contributed by atoms with Gasteiger partial charge in [-0.15, -0.1) is 0 Å². The number of carbonyl (C=O) groups is 1. The third-order valence-electron chi connectivity index (χ3n) is 4.39. The van der Waals surface area contributed by atoms with Crippen LogP contribution in [0.15, 0.2) is 30.7 Å². The van der Waals surface area contributed by atoms with Gasteiger partial charge in [0, 0.05) is 25.4 Å². The van der Waals surface area contributed by atoms with Crippen LogP contribution < -0.4 is 0 Å². The van der Waals surface area contributed by atoms with E-state index < -0.39 is 0 Å². The minimum atomic E-state index is 0.0130. The lowest BCUT2D eigenvalue weighted by molar-refractivity contribution is -0.137. The number of fused-ring (bicyclic) bond motifs is 1. The topological polar surface area (TPSA) is 63.5 Å². The summed E-state index contributed by atoms with van der Waals surface area (Å²) < 4.78 is 7.91. The smallest absolute Gasteiger partial charge is 0.237 e. The lowest BCUT2D eigenvalue weighted by Crippen LogP contribution is -2.49. The van der Waals surface area contributed by atoms with Gasteiger partial charge in [-0.25, -0.2) is 4.98 Å². The van der Waals surface area contributed by atoms with E-state index in [1.165, 1.54) is 5.69 Å². The van der Waals surface area contributed by atoms with Gasteiger partial charge in [-0.2, -0.15) is 0 Å². The van der Waals surface area contributed by atoms with Crippen LogP contribution >= 0.6 is 0 Å². The van der Waals surface area contributed by atoms with E-state index in [9.17, 15) is 4.79 Å². The average molecular weight is 343 g/mol. The monoisotopic (exact) mass is 343 g/mol. The Kier molecular flexibility index (Phi) is 5.45. The van der Waals surface area contributed by atoms with Crippen molar-refractivity contribution in [2.75, 3.05) is 27.2 Å². The molecule has 0 aliphatic carbocycles. The molecule has 1 atom stereocenters. The van der Waals surface area contributed by atoms with E-state index >= 15 is 0 Å². The van der Waals surface area contributed by atoms with E-state index in [1.54, 1.807) is 6.20 Å². The fourth-order valence-electron chi connectivity index (χ4n) is 3.11. The molecule has 1 aliphatic rings. The maximum atomic E-state index is 12.7. The van der Waals surface area contributed by atoms with Crippen molar-refractivity contribution in [2.45, 2.75) is 25.6 Å². The first-order valence-electron chi connectivity index (χ1n) is 8.45. The SMILES string of the molecule is CN(C)CC(=O)N1Cc2ncn(C)c2C[C@@H]1COCc1ccccn1. The fourth-order valence-corrected chi connectivity index (χ4v) is 3.11. The van der Waals surface area contributed by atoms with Crippen LogP contribution in [0.25, 0.3) is 0 Å². The zero-order valence-corrected chi connectivity index (χ0v) is 15.1. The van der Waals surface area contributed by atoms with E-state index in [1.807, 2.05) is 60.0 Å². The van der Waals surface area contributed by atoms with Gasteiger partial charge in [0.2, 0.25) is 5.91 Å². The van der Waals surface area contributed by atoms with Crippen LogP contribution in [0.2, 0.25) is 0 Å². The predicted octanol–water partition coefficient (Wildman–Crippen LogP) is 0.847. The second-order valence-electron chi connectivity index (χ2n) is 6.70. The van der Waals surface area contributed by atoms with Crippen LogP contribution in [-0.4, -0.2) is 63.5 Å². The van der Waals surface area contributed by atoms with Crippen LogP contribution in [-0.2, 0) is 36.2 Å². The molecule has 0 saturated carbocycles. The molecule has 25 heavy (non-hydrogen) atoms. The maximum Gasteiger partial charge on any atom is 0.237 e. The largest absolute Gasteiger partial charge is 0.373 e. The normalized spacial score (nSPS) is 17.0. The number of aryl methyl sites for hydroxylation is 1. The minimum absolute atomic E-state index is 0.0130. The Bertz CT molecular complexity index is 714. The molecule has 0 fully saturated rings. The first-order chi connectivity index (χ1) is 12.0. The molecule has 134 valence electrons. The molecule has 0 saturated heterocycles. The molecule has 7 nitrogen and oxygen atoms in total. The van der Waals surface area contributed by atoms with Gasteiger partial charge in [0.15, 0.2) is 0 Å². The molecule has 1 amide bonds. The molecule has 2 aromatic rings. The zero-order chi connectivity index (χ0) is 17.8. The number of nitrogens with zero attached hydrogens (tertiary/aromatic N) is 5. The number of rotatable bonds is 6. The first-order valence-corrected chi connectivity index (χ1v) is 8.45. The van der Waals surface area contributed by atoms with Gasteiger partial charge in [-0.1, -0.05) is 6.07 Å². The number of aromatic nitrogens is 3. The molecule has 0 aromatic carbocycles. The Labute approximate surface area is 148 Å². The molecule has 3 heterocycles. The number of imidazole rings is 1. The van der Waals surface area contributed by atoms with Gasteiger partial charge in [0.1, 0.15) is 0 Å². The third kappa shape index (κ3) is 4.24. The van der Waals surface area contributed by atoms with Crippen molar-refractivity contribution >= 4 is 5.91 Å². The van der Waals surface area contributed by atoms with Crippen molar-refractivity contribution in [1.29, 1.82) is 0 Å². The summed E-state index contributed by atoms with van der Waals surface area (Å²) in [6.45, 7) is 1.87. The van der Waals surface area contributed by atoms with Gasteiger partial charge in [-0.3, -0.25) is 9.78 Å². The second-order valence-corrected chi connectivity index (χ2v) is 6.70. The molecular weight excluding hydrogens is 318 g/mol. The highest BCUT2D eigenvalue weighted by Crippen LogP contribution is 2.23. The predicted molar refractivity (Wildman–Crippen MR) is 93.7 cm³/mol. The summed E-state index contributed by atoms with van der Waals surface area (Å²) in [5, 5.41) is 0. The lowest BCUT2D eigenvalue weighted by Gasteiger charge is -2.36. The van der Waals surface area contributed by atoms with Gasteiger partial charge in [-0.05, 0) is 26.2 Å². The molecule has 0 unspecified atom stereocenters. The highest BCUT2D eigenvalue weighted by Gasteiger charge is 2.32. The van der Waals surface area contributed by atoms with Crippen LogP contribution in [0, 0.1) is 0 Å². The summed E-state index contributed by atoms with van der Waals surface area (Å²) in [5.41, 5.74) is 3.06.